The van der Waals surface area contributed by atoms with E-state index in [-0.39, 0.29) is 105 Å². The zero-order valence-electron chi connectivity index (χ0n) is 54.6. The van der Waals surface area contributed by atoms with Crippen LogP contribution < -0.4 is 16.4 Å². The first-order chi connectivity index (χ1) is 45.2. The summed E-state index contributed by atoms with van der Waals surface area (Å²) in [6.45, 7) is 14.5. The molecular formula is C71H86Cl5F2N7O11. The second-order valence-corrected chi connectivity index (χ2v) is 31.3. The highest BCUT2D eigenvalue weighted by atomic mass is 35.5. The summed E-state index contributed by atoms with van der Waals surface area (Å²) >= 11 is 25.0. The smallest absolute Gasteiger partial charge is 0.307 e. The van der Waals surface area contributed by atoms with Crippen molar-refractivity contribution in [3.8, 4) is 0 Å². The lowest BCUT2D eigenvalue weighted by atomic mass is 9.51. The van der Waals surface area contributed by atoms with Crippen LogP contribution >= 0.6 is 58.8 Å². The van der Waals surface area contributed by atoms with Gasteiger partial charge >= 0.3 is 5.97 Å². The number of ether oxygens (including phenoxy) is 4. The average molecular weight is 1430 g/mol. The first-order valence-electron chi connectivity index (χ1n) is 33.6. The van der Waals surface area contributed by atoms with Crippen LogP contribution in [-0.4, -0.2) is 144 Å². The SMILES string of the molecule is CC1(C)CCC2(CC1)C[C@@H](C(=O)C[C@@H]1CC[C@@H](C(=O)N3CCOCC3)OC1)[C@H](c1ccnc(Cl)c1F)[C@]21C(=O)Nc2cc(Cl)ccc21.CC1(C)CCC2(CC1)C[C@@H](C(=O)O)[C@H](c1ccnc(Cl)c1F)C21C(=O)Nc2cc(Cl)ccc21.Cl.N[C@@H]1CC[C@@H](C(=O)N2CCOCC2)OC1. The normalized spacial score (nSPS) is 30.4. The molecule has 4 spiro atoms. The van der Waals surface area contributed by atoms with E-state index in [1.807, 2.05) is 11.0 Å². The number of Topliss-reactive ketones (excluding diaryl/α,β-unsaturated/α-hetero) is 1. The molecule has 25 heteroatoms. The van der Waals surface area contributed by atoms with E-state index < -0.39 is 69.0 Å². The molecule has 18 nitrogen and oxygen atoms in total. The van der Waals surface area contributed by atoms with Crippen LogP contribution in [0.25, 0.3) is 0 Å². The van der Waals surface area contributed by atoms with E-state index in [1.54, 1.807) is 41.3 Å². The predicted molar refractivity (Wildman–Crippen MR) is 362 cm³/mol. The Morgan fingerprint density at radius 3 is 1.43 bits per heavy atom. The number of nitrogens with two attached hydrogens (primary N) is 1. The number of hydrogen-bond acceptors (Lipinski definition) is 13. The van der Waals surface area contributed by atoms with E-state index in [1.165, 1.54) is 18.5 Å². The van der Waals surface area contributed by atoms with E-state index in [2.05, 4.69) is 48.3 Å². The number of aromatic nitrogens is 2. The summed E-state index contributed by atoms with van der Waals surface area (Å²) in [6, 6.07) is 13.8. The molecule has 5 N–H and O–H groups in total. The number of nitrogens with zero attached hydrogens (tertiary/aromatic N) is 4. The summed E-state index contributed by atoms with van der Waals surface area (Å²) in [4.78, 5) is 92.4. The molecule has 0 bridgehead atoms. The summed E-state index contributed by atoms with van der Waals surface area (Å²) in [5, 5.41) is 16.8. The van der Waals surface area contributed by atoms with Gasteiger partial charge in [0.2, 0.25) is 11.8 Å². The number of anilines is 2. The summed E-state index contributed by atoms with van der Waals surface area (Å²) in [6.07, 6.45) is 12.1. The van der Waals surface area contributed by atoms with Crippen molar-refractivity contribution < 1.29 is 61.6 Å². The van der Waals surface area contributed by atoms with Gasteiger partial charge in [0, 0.05) is 90.2 Å². The Labute approximate surface area is 585 Å². The van der Waals surface area contributed by atoms with Gasteiger partial charge in [-0.1, -0.05) is 86.2 Å². The van der Waals surface area contributed by atoms with Gasteiger partial charge < -0.3 is 50.2 Å². The first kappa shape index (κ1) is 72.1. The van der Waals surface area contributed by atoms with Crippen LogP contribution in [0.4, 0.5) is 20.2 Å². The maximum absolute atomic E-state index is 16.2. The Balaban J connectivity index is 0.000000165. The molecule has 2 aromatic heterocycles. The van der Waals surface area contributed by atoms with E-state index in [9.17, 15) is 33.9 Å². The Bertz CT molecular complexity index is 3610. The molecule has 4 aromatic rings. The van der Waals surface area contributed by atoms with Gasteiger partial charge in [0.15, 0.2) is 21.9 Å². The molecule has 1 unspecified atom stereocenters. The number of amides is 4. The van der Waals surface area contributed by atoms with Crippen molar-refractivity contribution in [2.45, 2.75) is 165 Å². The summed E-state index contributed by atoms with van der Waals surface area (Å²) < 4.78 is 53.7. The number of carbonyl (C=O) groups is 6. The number of ketones is 1. The molecule has 14 rings (SSSR count). The van der Waals surface area contributed by atoms with E-state index in [4.69, 9.17) is 71.1 Å². The van der Waals surface area contributed by atoms with Crippen LogP contribution in [0.1, 0.15) is 158 Å². The van der Waals surface area contributed by atoms with Gasteiger partial charge in [0.1, 0.15) is 18.0 Å². The Morgan fingerprint density at radius 1 is 0.604 bits per heavy atom. The summed E-state index contributed by atoms with van der Waals surface area (Å²) in [5.74, 6) is -6.32. The lowest BCUT2D eigenvalue weighted by Gasteiger charge is -2.51. The Kier molecular flexibility index (Phi) is 21.4. The molecule has 0 radical (unpaired) electrons. The molecule has 4 amide bonds. The lowest BCUT2D eigenvalue weighted by molar-refractivity contribution is -0.153. The molecule has 10 aliphatic rings. The minimum atomic E-state index is -1.25. The molecule has 96 heavy (non-hydrogen) atoms. The number of carboxylic acid groups (broad SMARTS) is 1. The van der Waals surface area contributed by atoms with Crippen molar-refractivity contribution in [3.05, 3.63) is 115 Å². The quantitative estimate of drug-likeness (QED) is 0.120. The van der Waals surface area contributed by atoms with Gasteiger partial charge in [-0.3, -0.25) is 28.8 Å². The van der Waals surface area contributed by atoms with Crippen molar-refractivity contribution in [2.75, 3.05) is 76.5 Å². The molecule has 4 saturated carbocycles. The average Bonchev–Trinajstić information content (AvgIpc) is 1.51. The number of rotatable bonds is 8. The first-order valence-corrected chi connectivity index (χ1v) is 35.1. The minimum Gasteiger partial charge on any atom is -0.481 e. The van der Waals surface area contributed by atoms with Crippen LogP contribution in [0.5, 0.6) is 0 Å². The predicted octanol–water partition coefficient (Wildman–Crippen LogP) is 12.7. The van der Waals surface area contributed by atoms with Crippen molar-refractivity contribution in [2.24, 2.45) is 45.1 Å². The van der Waals surface area contributed by atoms with Gasteiger partial charge in [-0.15, -0.1) is 12.4 Å². The molecule has 520 valence electrons. The van der Waals surface area contributed by atoms with Crippen LogP contribution in [0.2, 0.25) is 20.4 Å². The molecule has 10 atom stereocenters. The summed E-state index contributed by atoms with van der Waals surface area (Å²) in [5.41, 5.74) is 5.22. The Hall–Kier alpha value is -5.13. The maximum Gasteiger partial charge on any atom is 0.307 e. The van der Waals surface area contributed by atoms with Gasteiger partial charge in [-0.2, -0.15) is 0 Å². The second-order valence-electron chi connectivity index (χ2n) is 29.7. The van der Waals surface area contributed by atoms with Crippen LogP contribution in [0, 0.1) is 51.0 Å². The number of halogens is 7. The highest BCUT2D eigenvalue weighted by molar-refractivity contribution is 6.32. The van der Waals surface area contributed by atoms with E-state index >= 15 is 8.78 Å². The molecule has 2 aromatic carbocycles. The fourth-order valence-electron chi connectivity index (χ4n) is 18.3. The van der Waals surface area contributed by atoms with E-state index in [0.717, 1.165) is 56.9 Å². The van der Waals surface area contributed by atoms with Crippen LogP contribution in [-0.2, 0) is 58.5 Å². The van der Waals surface area contributed by atoms with Crippen LogP contribution in [0.15, 0.2) is 60.9 Å². The topological polar surface area (TPSA) is 242 Å². The van der Waals surface area contributed by atoms with E-state index in [0.29, 0.717) is 125 Å². The number of carboxylic acids is 1. The number of morpholine rings is 2. The third-order valence-corrected chi connectivity index (χ3v) is 24.3. The van der Waals surface area contributed by atoms with Crippen molar-refractivity contribution in [1.82, 2.24) is 19.8 Å². The molecule has 4 aliphatic carbocycles. The highest BCUT2D eigenvalue weighted by Gasteiger charge is 2.74. The number of fused-ring (bicyclic) bond motifs is 6. The zero-order valence-corrected chi connectivity index (χ0v) is 58.5. The third-order valence-electron chi connectivity index (χ3n) is 23.3. The number of benzene rings is 2. The molecule has 8 heterocycles. The number of hydrogen-bond donors (Lipinski definition) is 4. The number of carbonyl (C=O) groups excluding carboxylic acids is 5. The van der Waals surface area contributed by atoms with Crippen LogP contribution in [0.3, 0.4) is 0 Å². The molecular weight excluding hydrogens is 1340 g/mol. The fraction of sp³-hybridized carbons (Fsp3) is 0.606. The van der Waals surface area contributed by atoms with Crippen molar-refractivity contribution in [1.29, 1.82) is 0 Å². The zero-order chi connectivity index (χ0) is 67.6. The second kappa shape index (κ2) is 28.5. The largest absolute Gasteiger partial charge is 0.481 e. The molecule has 6 aliphatic heterocycles. The fourth-order valence-corrected chi connectivity index (χ4v) is 18.9. The van der Waals surface area contributed by atoms with Gasteiger partial charge in [-0.25, -0.2) is 18.7 Å². The lowest BCUT2D eigenvalue weighted by Crippen LogP contribution is -2.52. The van der Waals surface area contributed by atoms with Gasteiger partial charge in [-0.05, 0) is 176 Å². The number of pyridine rings is 2. The van der Waals surface area contributed by atoms with Crippen molar-refractivity contribution >= 4 is 106 Å². The number of aliphatic carboxylic acids is 1. The maximum atomic E-state index is 16.2. The molecule has 8 fully saturated rings. The summed E-state index contributed by atoms with van der Waals surface area (Å²) in [7, 11) is 0. The standard InChI is InChI=1S/C36H42Cl2FN3O5.C25H25Cl2FN2O3.C10H18N2O3.ClH/c1-34(2)8-10-35(11-9-34)19-24(27(43)17-21-3-6-28(47-20-21)32(44)42-13-15-46-16-14-42)29(23-7-12-40-31(38)30(23)39)36(35)25-5-4-22(37)18-26(25)41-33(36)45;1-23(2)6-8-24(9-7-23)12-15(21(31)32)18(14-5-10-29-20(27)19(14)28)25(24)16-4-3-13(26)11-17(16)30-22(25)33;11-8-1-2-9(15-7-8)10(13)12-3-5-14-6-4-12;/h4-5,7,12,18,21,24,28-29H,3,6,8-11,13-17,19-20H2,1-2H3,(H,41,45);3-5,10-11,15,18H,6-9,12H2,1-2H3,(H,30,33)(H,31,32);8-9H,1-7,11H2;1H/t21-,24-,28-,29-,36+;15-,18+,25?;8-,9+;/m011./s1. The van der Waals surface area contributed by atoms with Gasteiger partial charge in [0.05, 0.1) is 56.4 Å². The molecule has 4 saturated heterocycles. The Morgan fingerprint density at radius 2 is 1.02 bits per heavy atom. The number of nitrogens with one attached hydrogen (secondary N) is 2. The van der Waals surface area contributed by atoms with Gasteiger partial charge in [0.25, 0.3) is 11.8 Å². The minimum absolute atomic E-state index is 0. The monoisotopic (exact) mass is 1430 g/mol. The third kappa shape index (κ3) is 13.1. The van der Waals surface area contributed by atoms with Crippen molar-refractivity contribution in [3.63, 3.8) is 0 Å². The highest BCUT2D eigenvalue weighted by Crippen LogP contribution is 2.74.